The molecule has 0 amide bonds. The molecule has 0 N–H and O–H groups in total. The van der Waals surface area contributed by atoms with Crippen LogP contribution in [0, 0.1) is 5.41 Å². The first-order chi connectivity index (χ1) is 16.4. The number of carbonyl (C=O) groups excluding carboxylic acids is 1. The molecule has 0 aromatic heterocycles. The number of hydrogen-bond donors (Lipinski definition) is 0. The number of benzene rings is 3. The van der Waals surface area contributed by atoms with Crippen molar-refractivity contribution in [2.75, 3.05) is 6.54 Å². The van der Waals surface area contributed by atoms with E-state index in [-0.39, 0.29) is 23.4 Å². The van der Waals surface area contributed by atoms with Crippen LogP contribution in [-0.2, 0) is 4.79 Å². The Morgan fingerprint density at radius 3 is 1.88 bits per heavy atom. The predicted octanol–water partition coefficient (Wildman–Crippen LogP) is 6.27. The normalized spacial score (nSPS) is 30.6. The van der Waals surface area contributed by atoms with Crippen LogP contribution in [-0.4, -0.2) is 33.9 Å². The van der Waals surface area contributed by atoms with E-state index in [2.05, 4.69) is 123 Å². The van der Waals surface area contributed by atoms with Crippen molar-refractivity contribution in [3.8, 4) is 0 Å². The summed E-state index contributed by atoms with van der Waals surface area (Å²) in [5.74, 6) is 0.0689. The Bertz CT molecular complexity index is 1260. The Morgan fingerprint density at radius 2 is 1.29 bits per heavy atom. The standard InChI is InChI=1S/C31H32N2O/c1-21-25(22-14-8-5-9-15-22)28-30(2,3)20-32-27(24-18-12-7-13-19-24)26(23-16-10-6-11-17-23)29(34)31(21,4)33(28)32/h5-19,26-28H,20H2,1-4H3/t26-,27+,28-,31+/m0/s1. The average Bonchev–Trinajstić information content (AvgIpc) is 3.28. The topological polar surface area (TPSA) is 23.6 Å². The van der Waals surface area contributed by atoms with Crippen molar-refractivity contribution in [3.05, 3.63) is 113 Å². The molecule has 0 bridgehead atoms. The lowest BCUT2D eigenvalue weighted by Gasteiger charge is -2.52. The van der Waals surface area contributed by atoms with E-state index in [0.717, 1.165) is 12.1 Å². The second-order valence-electron chi connectivity index (χ2n) is 10.9. The van der Waals surface area contributed by atoms with Gasteiger partial charge in [0, 0.05) is 6.54 Å². The molecule has 3 nitrogen and oxygen atoms in total. The maximum atomic E-state index is 14.7. The molecule has 3 aromatic rings. The highest BCUT2D eigenvalue weighted by Crippen LogP contribution is 2.61. The van der Waals surface area contributed by atoms with Crippen molar-refractivity contribution in [3.63, 3.8) is 0 Å². The van der Waals surface area contributed by atoms with Crippen molar-refractivity contribution in [1.82, 2.24) is 10.0 Å². The molecular formula is C31H32N2O. The van der Waals surface area contributed by atoms with Crippen LogP contribution in [0.5, 0.6) is 0 Å². The highest BCUT2D eigenvalue weighted by atomic mass is 16.1. The maximum absolute atomic E-state index is 14.7. The van der Waals surface area contributed by atoms with Crippen LogP contribution in [0.15, 0.2) is 96.6 Å². The SMILES string of the molecule is CC1=C(c2ccccc2)[C@@H]2N3N(CC2(C)C)[C@H](c2ccccc2)[C@H](c2ccccc2)C(=O)[C@@]13C. The van der Waals surface area contributed by atoms with Gasteiger partial charge < -0.3 is 0 Å². The summed E-state index contributed by atoms with van der Waals surface area (Å²) in [6, 6.07) is 31.8. The van der Waals surface area contributed by atoms with Crippen molar-refractivity contribution in [2.24, 2.45) is 5.41 Å². The molecule has 2 saturated heterocycles. The molecule has 34 heavy (non-hydrogen) atoms. The van der Waals surface area contributed by atoms with Crippen molar-refractivity contribution in [2.45, 2.75) is 51.2 Å². The van der Waals surface area contributed by atoms with Gasteiger partial charge in [-0.2, -0.15) is 0 Å². The molecule has 3 aromatic carbocycles. The number of ketones is 1. The second kappa shape index (κ2) is 7.49. The zero-order valence-electron chi connectivity index (χ0n) is 20.4. The fraction of sp³-hybridized carbons (Fsp3) is 0.323. The summed E-state index contributed by atoms with van der Waals surface area (Å²) in [6.07, 6.45) is 0. The first-order valence-corrected chi connectivity index (χ1v) is 12.3. The quantitative estimate of drug-likeness (QED) is 0.472. The van der Waals surface area contributed by atoms with E-state index in [4.69, 9.17) is 0 Å². The van der Waals surface area contributed by atoms with Gasteiger partial charge in [0.2, 0.25) is 0 Å². The summed E-state index contributed by atoms with van der Waals surface area (Å²) < 4.78 is 0. The Labute approximate surface area is 202 Å². The molecule has 0 saturated carbocycles. The van der Waals surface area contributed by atoms with Crippen molar-refractivity contribution < 1.29 is 4.79 Å². The fourth-order valence-corrected chi connectivity index (χ4v) is 6.88. The Kier molecular flexibility index (Phi) is 4.74. The van der Waals surface area contributed by atoms with Gasteiger partial charge in [0.25, 0.3) is 0 Å². The molecule has 172 valence electrons. The summed E-state index contributed by atoms with van der Waals surface area (Å²) >= 11 is 0. The molecule has 3 aliphatic heterocycles. The van der Waals surface area contributed by atoms with Crippen molar-refractivity contribution in [1.29, 1.82) is 0 Å². The third kappa shape index (κ3) is 2.80. The van der Waals surface area contributed by atoms with Gasteiger partial charge in [-0.15, -0.1) is 0 Å². The molecule has 0 aliphatic carbocycles. The largest absolute Gasteiger partial charge is 0.296 e. The van der Waals surface area contributed by atoms with E-state index in [1.54, 1.807) is 0 Å². The van der Waals surface area contributed by atoms with Crippen LogP contribution >= 0.6 is 0 Å². The number of carbonyl (C=O) groups is 1. The van der Waals surface area contributed by atoms with Gasteiger partial charge in [0.15, 0.2) is 5.78 Å². The number of hydrogen-bond acceptors (Lipinski definition) is 3. The third-order valence-electron chi connectivity index (χ3n) is 8.48. The summed E-state index contributed by atoms with van der Waals surface area (Å²) in [6.45, 7) is 9.99. The van der Waals surface area contributed by atoms with Gasteiger partial charge in [0.05, 0.1) is 18.0 Å². The Hall–Kier alpha value is -3.01. The van der Waals surface area contributed by atoms with Gasteiger partial charge in [-0.1, -0.05) is 105 Å². The number of hydrazine groups is 1. The van der Waals surface area contributed by atoms with Crippen molar-refractivity contribution >= 4 is 11.4 Å². The lowest BCUT2D eigenvalue weighted by molar-refractivity contribution is -0.164. The summed E-state index contributed by atoms with van der Waals surface area (Å²) in [5.41, 5.74) is 5.37. The fourth-order valence-electron chi connectivity index (χ4n) is 6.88. The molecule has 6 rings (SSSR count). The summed E-state index contributed by atoms with van der Waals surface area (Å²) in [4.78, 5) is 14.7. The molecular weight excluding hydrogens is 416 g/mol. The van der Waals surface area contributed by atoms with Gasteiger partial charge in [-0.3, -0.25) is 4.79 Å². The number of Topliss-reactive ketones (excluding diaryl/α,β-unsaturated/α-hetero) is 1. The number of rotatable bonds is 3. The minimum absolute atomic E-state index is 0.0108. The Morgan fingerprint density at radius 1 is 0.765 bits per heavy atom. The van der Waals surface area contributed by atoms with Gasteiger partial charge in [0.1, 0.15) is 5.54 Å². The van der Waals surface area contributed by atoms with Crippen LogP contribution in [0.3, 0.4) is 0 Å². The number of nitrogens with zero attached hydrogens (tertiary/aromatic N) is 2. The minimum Gasteiger partial charge on any atom is -0.296 e. The monoisotopic (exact) mass is 448 g/mol. The molecule has 4 atom stereocenters. The first-order valence-electron chi connectivity index (χ1n) is 12.3. The third-order valence-corrected chi connectivity index (χ3v) is 8.48. The van der Waals surface area contributed by atoms with E-state index < -0.39 is 5.54 Å². The van der Waals surface area contributed by atoms with Crippen LogP contribution < -0.4 is 0 Å². The van der Waals surface area contributed by atoms with E-state index in [1.165, 1.54) is 22.3 Å². The summed E-state index contributed by atoms with van der Waals surface area (Å²) in [5, 5.41) is 5.00. The summed E-state index contributed by atoms with van der Waals surface area (Å²) in [7, 11) is 0. The van der Waals surface area contributed by atoms with E-state index in [9.17, 15) is 4.79 Å². The van der Waals surface area contributed by atoms with E-state index in [1.807, 2.05) is 6.07 Å². The highest BCUT2D eigenvalue weighted by Gasteiger charge is 2.68. The molecule has 3 heteroatoms. The molecule has 0 spiro atoms. The molecule has 0 unspecified atom stereocenters. The Balaban J connectivity index is 1.62. The van der Waals surface area contributed by atoms with Crippen LogP contribution in [0.2, 0.25) is 0 Å². The van der Waals surface area contributed by atoms with E-state index >= 15 is 0 Å². The maximum Gasteiger partial charge on any atom is 0.167 e. The zero-order valence-corrected chi connectivity index (χ0v) is 20.4. The van der Waals surface area contributed by atoms with Crippen LogP contribution in [0.1, 0.15) is 56.3 Å². The van der Waals surface area contributed by atoms with E-state index in [0.29, 0.717) is 5.78 Å². The molecule has 3 heterocycles. The molecule has 2 fully saturated rings. The van der Waals surface area contributed by atoms with Gasteiger partial charge in [-0.25, -0.2) is 10.0 Å². The van der Waals surface area contributed by atoms with Gasteiger partial charge in [-0.05, 0) is 47.1 Å². The lowest BCUT2D eigenvalue weighted by Crippen LogP contribution is -2.64. The predicted molar refractivity (Wildman–Crippen MR) is 137 cm³/mol. The average molecular weight is 449 g/mol. The van der Waals surface area contributed by atoms with Crippen LogP contribution in [0.25, 0.3) is 5.57 Å². The minimum atomic E-state index is -0.671. The first kappa shape index (κ1) is 21.5. The molecule has 0 radical (unpaired) electrons. The van der Waals surface area contributed by atoms with Crippen LogP contribution in [0.4, 0.5) is 0 Å². The molecule has 3 aliphatic rings. The lowest BCUT2D eigenvalue weighted by atomic mass is 9.71. The highest BCUT2D eigenvalue weighted by molar-refractivity contribution is 6.02. The second-order valence-corrected chi connectivity index (χ2v) is 10.9. The smallest absolute Gasteiger partial charge is 0.167 e. The zero-order chi connectivity index (χ0) is 23.7. The van der Waals surface area contributed by atoms with Gasteiger partial charge >= 0.3 is 0 Å².